The van der Waals surface area contributed by atoms with Gasteiger partial charge in [-0.3, -0.25) is 4.79 Å². The maximum atomic E-state index is 11.8. The van der Waals surface area contributed by atoms with E-state index >= 15 is 0 Å². The third kappa shape index (κ3) is 5.42. The fraction of sp³-hybridized carbons (Fsp3) is 0.429. The molecular weight excluding hydrogens is 246 g/mol. The van der Waals surface area contributed by atoms with E-state index in [-0.39, 0.29) is 18.4 Å². The summed E-state index contributed by atoms with van der Waals surface area (Å²) in [7, 11) is 0. The lowest BCUT2D eigenvalue weighted by molar-refractivity contribution is -0.139. The largest absolute Gasteiger partial charge is 0.482 e. The highest BCUT2D eigenvalue weighted by atomic mass is 16.5. The van der Waals surface area contributed by atoms with Gasteiger partial charge in [0.05, 0.1) is 0 Å². The first-order valence-electron chi connectivity index (χ1n) is 6.28. The molecule has 1 aromatic rings. The second-order valence-corrected chi connectivity index (χ2v) is 4.39. The number of carboxylic acids is 1. The molecule has 1 rings (SSSR count). The highest BCUT2D eigenvalue weighted by Crippen LogP contribution is 2.17. The van der Waals surface area contributed by atoms with Crippen LogP contribution >= 0.6 is 0 Å². The van der Waals surface area contributed by atoms with Gasteiger partial charge in [-0.1, -0.05) is 20.3 Å². The fourth-order valence-corrected chi connectivity index (χ4v) is 1.61. The van der Waals surface area contributed by atoms with E-state index in [0.717, 1.165) is 12.8 Å². The number of hydrogen-bond donors (Lipinski definition) is 2. The van der Waals surface area contributed by atoms with Gasteiger partial charge in [0.25, 0.3) is 0 Å². The molecule has 1 unspecified atom stereocenters. The molecule has 104 valence electrons. The summed E-state index contributed by atoms with van der Waals surface area (Å²) in [6, 6.07) is 6.63. The Hall–Kier alpha value is -2.04. The van der Waals surface area contributed by atoms with Crippen LogP contribution in [0.4, 0.5) is 5.69 Å². The second-order valence-electron chi connectivity index (χ2n) is 4.39. The standard InChI is InChI=1S/C14H19NO4/c1-3-4-10(2)14(18)15-11-5-7-12(8-6-11)19-9-13(16)17/h5-8,10H,3-4,9H2,1-2H3,(H,15,18)(H,16,17). The molecule has 0 aromatic heterocycles. The lowest BCUT2D eigenvalue weighted by atomic mass is 10.1. The topological polar surface area (TPSA) is 75.6 Å². The van der Waals surface area contributed by atoms with Crippen molar-refractivity contribution < 1.29 is 19.4 Å². The molecule has 0 saturated carbocycles. The van der Waals surface area contributed by atoms with E-state index in [4.69, 9.17) is 9.84 Å². The van der Waals surface area contributed by atoms with Crippen LogP contribution in [0, 0.1) is 5.92 Å². The van der Waals surface area contributed by atoms with Crippen LogP contribution in [0.15, 0.2) is 24.3 Å². The lowest BCUT2D eigenvalue weighted by Crippen LogP contribution is -2.20. The van der Waals surface area contributed by atoms with E-state index in [9.17, 15) is 9.59 Å². The van der Waals surface area contributed by atoms with Crippen LogP contribution < -0.4 is 10.1 Å². The first kappa shape index (κ1) is 15.0. The third-order valence-electron chi connectivity index (χ3n) is 2.65. The number of aliphatic carboxylic acids is 1. The highest BCUT2D eigenvalue weighted by molar-refractivity contribution is 5.92. The maximum Gasteiger partial charge on any atom is 0.341 e. The Morgan fingerprint density at radius 1 is 1.32 bits per heavy atom. The van der Waals surface area contributed by atoms with Gasteiger partial charge in [-0.2, -0.15) is 0 Å². The molecule has 1 amide bonds. The molecule has 5 heteroatoms. The molecular formula is C14H19NO4. The van der Waals surface area contributed by atoms with Crippen molar-refractivity contribution >= 4 is 17.6 Å². The molecule has 0 saturated heterocycles. The van der Waals surface area contributed by atoms with Gasteiger partial charge >= 0.3 is 5.97 Å². The Bertz CT molecular complexity index is 428. The van der Waals surface area contributed by atoms with Crippen molar-refractivity contribution in [2.75, 3.05) is 11.9 Å². The highest BCUT2D eigenvalue weighted by Gasteiger charge is 2.11. The Labute approximate surface area is 112 Å². The fourth-order valence-electron chi connectivity index (χ4n) is 1.61. The average Bonchev–Trinajstić information content (AvgIpc) is 2.38. The zero-order valence-corrected chi connectivity index (χ0v) is 11.2. The van der Waals surface area contributed by atoms with Crippen LogP contribution in [0.3, 0.4) is 0 Å². The minimum absolute atomic E-state index is 0.0129. The van der Waals surface area contributed by atoms with Gasteiger partial charge in [0.2, 0.25) is 5.91 Å². The number of ether oxygens (including phenoxy) is 1. The number of benzene rings is 1. The molecule has 0 heterocycles. The summed E-state index contributed by atoms with van der Waals surface area (Å²) in [6.07, 6.45) is 1.82. The van der Waals surface area contributed by atoms with Crippen molar-refractivity contribution in [2.45, 2.75) is 26.7 Å². The molecule has 0 radical (unpaired) electrons. The molecule has 0 aliphatic carbocycles. The van der Waals surface area contributed by atoms with E-state index in [0.29, 0.717) is 11.4 Å². The predicted octanol–water partition coefficient (Wildman–Crippen LogP) is 2.52. The quantitative estimate of drug-likeness (QED) is 0.794. The van der Waals surface area contributed by atoms with E-state index in [1.807, 2.05) is 13.8 Å². The second kappa shape index (κ2) is 7.41. The normalized spacial score (nSPS) is 11.7. The minimum atomic E-state index is -1.02. The number of hydrogen-bond acceptors (Lipinski definition) is 3. The van der Waals surface area contributed by atoms with Crippen molar-refractivity contribution in [1.29, 1.82) is 0 Å². The summed E-state index contributed by atoms with van der Waals surface area (Å²) in [5, 5.41) is 11.3. The summed E-state index contributed by atoms with van der Waals surface area (Å²) in [6.45, 7) is 3.56. The molecule has 19 heavy (non-hydrogen) atoms. The van der Waals surface area contributed by atoms with E-state index in [1.165, 1.54) is 0 Å². The van der Waals surface area contributed by atoms with Gasteiger partial charge in [0, 0.05) is 11.6 Å². The molecule has 0 fully saturated rings. The monoisotopic (exact) mass is 265 g/mol. The Morgan fingerprint density at radius 3 is 2.47 bits per heavy atom. The van der Waals surface area contributed by atoms with Crippen molar-refractivity contribution in [3.8, 4) is 5.75 Å². The summed E-state index contributed by atoms with van der Waals surface area (Å²) < 4.78 is 5.00. The van der Waals surface area contributed by atoms with Gasteiger partial charge in [-0.15, -0.1) is 0 Å². The average molecular weight is 265 g/mol. The van der Waals surface area contributed by atoms with Crippen molar-refractivity contribution in [2.24, 2.45) is 5.92 Å². The predicted molar refractivity (Wildman–Crippen MR) is 72.3 cm³/mol. The Morgan fingerprint density at radius 2 is 1.95 bits per heavy atom. The van der Waals surface area contributed by atoms with Gasteiger partial charge in [-0.05, 0) is 30.7 Å². The van der Waals surface area contributed by atoms with Gasteiger partial charge in [0.1, 0.15) is 5.75 Å². The van der Waals surface area contributed by atoms with E-state index in [1.54, 1.807) is 24.3 Å². The number of nitrogens with one attached hydrogen (secondary N) is 1. The molecule has 5 nitrogen and oxygen atoms in total. The van der Waals surface area contributed by atoms with E-state index in [2.05, 4.69) is 5.32 Å². The Kier molecular flexibility index (Phi) is 5.85. The van der Waals surface area contributed by atoms with Crippen molar-refractivity contribution in [3.63, 3.8) is 0 Å². The smallest absolute Gasteiger partial charge is 0.341 e. The molecule has 0 aliphatic rings. The summed E-state index contributed by atoms with van der Waals surface area (Å²) in [4.78, 5) is 22.1. The molecule has 2 N–H and O–H groups in total. The van der Waals surface area contributed by atoms with Crippen LogP contribution in [0.2, 0.25) is 0 Å². The lowest BCUT2D eigenvalue weighted by Gasteiger charge is -2.11. The van der Waals surface area contributed by atoms with Crippen molar-refractivity contribution in [1.82, 2.24) is 0 Å². The number of carboxylic acid groups (broad SMARTS) is 1. The molecule has 1 atom stereocenters. The zero-order chi connectivity index (χ0) is 14.3. The van der Waals surface area contributed by atoms with Crippen LogP contribution in [0.1, 0.15) is 26.7 Å². The molecule has 0 aliphatic heterocycles. The first-order chi connectivity index (χ1) is 9.02. The molecule has 0 spiro atoms. The summed E-state index contributed by atoms with van der Waals surface area (Å²) >= 11 is 0. The minimum Gasteiger partial charge on any atom is -0.482 e. The summed E-state index contributed by atoms with van der Waals surface area (Å²) in [5.74, 6) is -0.596. The van der Waals surface area contributed by atoms with Crippen LogP contribution in [-0.2, 0) is 9.59 Å². The first-order valence-corrected chi connectivity index (χ1v) is 6.28. The third-order valence-corrected chi connectivity index (χ3v) is 2.65. The van der Waals surface area contributed by atoms with Gasteiger partial charge in [-0.25, -0.2) is 4.79 Å². The SMILES string of the molecule is CCCC(C)C(=O)Nc1ccc(OCC(=O)O)cc1. The number of anilines is 1. The van der Waals surface area contributed by atoms with Crippen molar-refractivity contribution in [3.05, 3.63) is 24.3 Å². The van der Waals surface area contributed by atoms with Gasteiger partial charge < -0.3 is 15.2 Å². The number of rotatable bonds is 7. The maximum absolute atomic E-state index is 11.8. The summed E-state index contributed by atoms with van der Waals surface area (Å²) in [5.41, 5.74) is 0.677. The van der Waals surface area contributed by atoms with E-state index < -0.39 is 5.97 Å². The Balaban J connectivity index is 2.52. The zero-order valence-electron chi connectivity index (χ0n) is 11.2. The van der Waals surface area contributed by atoms with Crippen LogP contribution in [-0.4, -0.2) is 23.6 Å². The number of carbonyl (C=O) groups is 2. The molecule has 1 aromatic carbocycles. The van der Waals surface area contributed by atoms with Crippen LogP contribution in [0.5, 0.6) is 5.75 Å². The number of amides is 1. The van der Waals surface area contributed by atoms with Gasteiger partial charge in [0.15, 0.2) is 6.61 Å². The molecule has 0 bridgehead atoms. The number of carbonyl (C=O) groups excluding carboxylic acids is 1. The van der Waals surface area contributed by atoms with Crippen LogP contribution in [0.25, 0.3) is 0 Å².